The van der Waals surface area contributed by atoms with Gasteiger partial charge in [0, 0.05) is 49.9 Å². The highest BCUT2D eigenvalue weighted by molar-refractivity contribution is 5.94. The normalized spacial score (nSPS) is 34.9. The Morgan fingerprint density at radius 1 is 1.06 bits per heavy atom. The van der Waals surface area contributed by atoms with Crippen molar-refractivity contribution in [3.05, 3.63) is 33.7 Å². The third kappa shape index (κ3) is 4.14. The fourth-order valence-electron chi connectivity index (χ4n) is 7.45. The number of pyridine rings is 1. The van der Waals surface area contributed by atoms with Crippen LogP contribution in [-0.4, -0.2) is 76.8 Å². The van der Waals surface area contributed by atoms with Gasteiger partial charge in [-0.25, -0.2) is 0 Å². The molecule has 6 atom stereocenters. The number of halogens is 2. The van der Waals surface area contributed by atoms with Gasteiger partial charge in [0.05, 0.1) is 6.61 Å². The lowest BCUT2D eigenvalue weighted by Gasteiger charge is -2.56. The van der Waals surface area contributed by atoms with Crippen LogP contribution in [0.1, 0.15) is 54.1 Å². The molecule has 6 rings (SSSR count). The van der Waals surface area contributed by atoms with E-state index in [1.807, 2.05) is 15.5 Å². The van der Waals surface area contributed by atoms with Crippen LogP contribution < -0.4 is 10.9 Å². The number of fused-ring (bicyclic) bond motifs is 8. The van der Waals surface area contributed by atoms with Gasteiger partial charge in [0.25, 0.3) is 11.5 Å². The lowest BCUT2D eigenvalue weighted by atomic mass is 9.72. The number of aromatic nitrogens is 1. The van der Waals surface area contributed by atoms with Crippen molar-refractivity contribution in [2.75, 3.05) is 39.3 Å². The molecule has 9 heteroatoms. The van der Waals surface area contributed by atoms with Crippen molar-refractivity contribution >= 4 is 30.7 Å². The van der Waals surface area contributed by atoms with Crippen LogP contribution in [0.5, 0.6) is 0 Å². The third-order valence-corrected chi connectivity index (χ3v) is 8.84. The molecule has 5 aliphatic rings. The summed E-state index contributed by atoms with van der Waals surface area (Å²) in [5, 5.41) is 13.6. The van der Waals surface area contributed by atoms with Gasteiger partial charge in [-0.2, -0.15) is 0 Å². The molecule has 0 saturated carbocycles. The fourth-order valence-corrected chi connectivity index (χ4v) is 7.45. The third-order valence-electron chi connectivity index (χ3n) is 8.84. The maximum Gasteiger partial charge on any atom is 0.263 e. The highest BCUT2D eigenvalue weighted by atomic mass is 35.5. The lowest BCUT2D eigenvalue weighted by molar-refractivity contribution is -0.0795. The number of aliphatic hydroxyl groups is 1. The number of carbonyl (C=O) groups is 1. The first-order valence-corrected chi connectivity index (χ1v) is 12.2. The molecule has 1 amide bonds. The minimum absolute atomic E-state index is 0. The monoisotopic (exact) mass is 498 g/mol. The van der Waals surface area contributed by atoms with Gasteiger partial charge >= 0.3 is 0 Å². The summed E-state index contributed by atoms with van der Waals surface area (Å²) in [5.74, 6) is 1.50. The van der Waals surface area contributed by atoms with E-state index < -0.39 is 0 Å². The number of piperidine rings is 4. The summed E-state index contributed by atoms with van der Waals surface area (Å²) in [4.78, 5) is 31.4. The summed E-state index contributed by atoms with van der Waals surface area (Å²) in [6, 6.07) is 4.42. The number of aliphatic hydroxyl groups excluding tert-OH is 1. The first kappa shape index (κ1) is 25.0. The van der Waals surface area contributed by atoms with Crippen molar-refractivity contribution in [2.24, 2.45) is 17.8 Å². The average molecular weight is 499 g/mol. The Morgan fingerprint density at radius 2 is 1.88 bits per heavy atom. The molecule has 0 aromatic carbocycles. The molecule has 0 aliphatic carbocycles. The second-order valence-corrected chi connectivity index (χ2v) is 10.6. The number of nitrogens with one attached hydrogen (secondary N) is 1. The smallest absolute Gasteiger partial charge is 0.263 e. The molecule has 5 aliphatic heterocycles. The van der Waals surface area contributed by atoms with E-state index in [4.69, 9.17) is 0 Å². The van der Waals surface area contributed by atoms with Crippen molar-refractivity contribution < 1.29 is 9.90 Å². The lowest BCUT2D eigenvalue weighted by Crippen LogP contribution is -2.65. The van der Waals surface area contributed by atoms with Crippen molar-refractivity contribution in [3.63, 3.8) is 0 Å². The predicted octanol–water partition coefficient (Wildman–Crippen LogP) is 1.71. The van der Waals surface area contributed by atoms with Gasteiger partial charge in [0.2, 0.25) is 0 Å². The maximum absolute atomic E-state index is 13.6. The van der Waals surface area contributed by atoms with Crippen molar-refractivity contribution in [1.29, 1.82) is 0 Å². The van der Waals surface area contributed by atoms with Crippen LogP contribution in [0, 0.1) is 17.8 Å². The summed E-state index contributed by atoms with van der Waals surface area (Å²) in [7, 11) is 0. The number of rotatable bonds is 2. The Hall–Kier alpha value is -1.12. The van der Waals surface area contributed by atoms with E-state index in [9.17, 15) is 14.7 Å². The number of carbonyl (C=O) groups excluding carboxylic acids is 1. The Kier molecular flexibility index (Phi) is 7.47. The van der Waals surface area contributed by atoms with Crippen LogP contribution in [0.15, 0.2) is 16.9 Å². The van der Waals surface area contributed by atoms with E-state index in [-0.39, 0.29) is 48.9 Å². The number of amides is 1. The maximum atomic E-state index is 13.6. The molecule has 4 fully saturated rings. The zero-order chi connectivity index (χ0) is 21.1. The standard InChI is InChI=1S/C24H34N4O3.2ClH/c29-14-22-18-8-17(20-3-1-2-6-27(20)22)12-26(13-18)23(30)19-4-5-21-16-7-15(9-25-10-16)11-28(21)24(19)31;;/h4-5,15-18,20,22,25,29H,1-3,6-14H2;2*1H/t15-,16+,17+,18-,20-,22-;;/m0../s1. The molecule has 0 spiro atoms. The summed E-state index contributed by atoms with van der Waals surface area (Å²) in [6.07, 6.45) is 5.83. The molecule has 6 heterocycles. The molecule has 2 N–H and O–H groups in total. The van der Waals surface area contributed by atoms with Gasteiger partial charge in [-0.15, -0.1) is 24.8 Å². The molecule has 33 heavy (non-hydrogen) atoms. The molecule has 1 aromatic rings. The number of hydrogen-bond donors (Lipinski definition) is 2. The molecular formula is C24H36Cl2N4O3. The molecule has 0 unspecified atom stereocenters. The van der Waals surface area contributed by atoms with Gasteiger partial charge in [-0.1, -0.05) is 6.42 Å². The number of hydrogen-bond acceptors (Lipinski definition) is 5. The highest BCUT2D eigenvalue weighted by Gasteiger charge is 2.48. The van der Waals surface area contributed by atoms with Gasteiger partial charge < -0.3 is 19.9 Å². The van der Waals surface area contributed by atoms with Crippen LogP contribution >= 0.6 is 24.8 Å². The van der Waals surface area contributed by atoms with Crippen LogP contribution in [0.3, 0.4) is 0 Å². The quantitative estimate of drug-likeness (QED) is 0.648. The second-order valence-electron chi connectivity index (χ2n) is 10.6. The van der Waals surface area contributed by atoms with E-state index >= 15 is 0 Å². The summed E-state index contributed by atoms with van der Waals surface area (Å²) < 4.78 is 1.89. The Balaban J connectivity index is 0.00000130. The highest BCUT2D eigenvalue weighted by Crippen LogP contribution is 2.41. The summed E-state index contributed by atoms with van der Waals surface area (Å²) in [5.41, 5.74) is 1.31. The Morgan fingerprint density at radius 3 is 2.70 bits per heavy atom. The fraction of sp³-hybridized carbons (Fsp3) is 0.750. The zero-order valence-corrected chi connectivity index (χ0v) is 20.7. The van der Waals surface area contributed by atoms with Crippen LogP contribution in [0.4, 0.5) is 0 Å². The van der Waals surface area contributed by atoms with Gasteiger partial charge in [-0.05, 0) is 68.7 Å². The van der Waals surface area contributed by atoms with Gasteiger partial charge in [0.15, 0.2) is 0 Å². The van der Waals surface area contributed by atoms with Crippen LogP contribution in [0.25, 0.3) is 0 Å². The summed E-state index contributed by atoms with van der Waals surface area (Å²) in [6.45, 7) is 5.21. The molecule has 7 nitrogen and oxygen atoms in total. The number of likely N-dealkylation sites (tertiary alicyclic amines) is 1. The molecule has 4 bridgehead atoms. The minimum Gasteiger partial charge on any atom is -0.395 e. The minimum atomic E-state index is -0.107. The first-order valence-electron chi connectivity index (χ1n) is 12.2. The SMILES string of the molecule is Cl.Cl.O=C(c1ccc2n(c1=O)C[C@@H]1CNC[C@H]2C1)N1C[C@H]2C[C@@H](C1)[C@H](CO)N1CCCC[C@@H]21. The van der Waals surface area contributed by atoms with Gasteiger partial charge in [0.1, 0.15) is 5.56 Å². The van der Waals surface area contributed by atoms with Crippen molar-refractivity contribution in [3.8, 4) is 0 Å². The summed E-state index contributed by atoms with van der Waals surface area (Å²) >= 11 is 0. The first-order chi connectivity index (χ1) is 15.1. The van der Waals surface area contributed by atoms with E-state index in [0.717, 1.165) is 51.1 Å². The largest absolute Gasteiger partial charge is 0.395 e. The van der Waals surface area contributed by atoms with Crippen molar-refractivity contribution in [2.45, 2.75) is 56.7 Å². The molecule has 1 aromatic heterocycles. The zero-order valence-electron chi connectivity index (χ0n) is 19.0. The Bertz CT molecular complexity index is 927. The Labute approximate surface area is 207 Å². The van der Waals surface area contributed by atoms with E-state index in [1.54, 1.807) is 6.07 Å². The van der Waals surface area contributed by atoms with Crippen LogP contribution in [-0.2, 0) is 6.54 Å². The van der Waals surface area contributed by atoms with Crippen molar-refractivity contribution in [1.82, 2.24) is 19.7 Å². The van der Waals surface area contributed by atoms with Crippen LogP contribution in [0.2, 0.25) is 0 Å². The predicted molar refractivity (Wildman–Crippen MR) is 132 cm³/mol. The van der Waals surface area contributed by atoms with E-state index in [0.29, 0.717) is 48.4 Å². The molecule has 4 saturated heterocycles. The molecule has 0 radical (unpaired) electrons. The molecule has 184 valence electrons. The molecular weight excluding hydrogens is 463 g/mol. The van der Waals surface area contributed by atoms with E-state index in [1.165, 1.54) is 12.8 Å². The van der Waals surface area contributed by atoms with E-state index in [2.05, 4.69) is 10.2 Å². The number of nitrogens with zero attached hydrogens (tertiary/aromatic N) is 3. The average Bonchev–Trinajstić information content (AvgIpc) is 2.80. The van der Waals surface area contributed by atoms with Gasteiger partial charge in [-0.3, -0.25) is 14.5 Å². The topological polar surface area (TPSA) is 77.8 Å². The second kappa shape index (κ2) is 9.86.